The summed E-state index contributed by atoms with van der Waals surface area (Å²) in [7, 11) is -4.17. The molecule has 0 aliphatic rings. The lowest BCUT2D eigenvalue weighted by atomic mass is 10.1. The molecule has 1 heterocycles. The van der Waals surface area contributed by atoms with E-state index in [2.05, 4.69) is 4.98 Å². The molecule has 1 aromatic carbocycles. The topological polar surface area (TPSA) is 109 Å². The molecule has 2 rings (SSSR count). The summed E-state index contributed by atoms with van der Waals surface area (Å²) in [6.45, 7) is 3.58. The molecule has 0 aliphatic carbocycles. The molecule has 0 atom stereocenters. The highest BCUT2D eigenvalue weighted by Crippen LogP contribution is 2.21. The van der Waals surface area contributed by atoms with Crippen LogP contribution in [0, 0.1) is 18.3 Å². The number of aryl methyl sites for hydroxylation is 1. The Labute approximate surface area is 140 Å². The van der Waals surface area contributed by atoms with E-state index in [1.807, 2.05) is 10.8 Å². The third-order valence-electron chi connectivity index (χ3n) is 3.15. The molecule has 0 radical (unpaired) electrons. The number of carbonyl (C=O) groups excluding carboxylic acids is 1. The van der Waals surface area contributed by atoms with E-state index in [0.29, 0.717) is 5.56 Å². The lowest BCUT2D eigenvalue weighted by Crippen LogP contribution is -2.31. The van der Waals surface area contributed by atoms with Crippen molar-refractivity contribution in [2.24, 2.45) is 0 Å². The highest BCUT2D eigenvalue weighted by Gasteiger charge is 2.24. The number of rotatable bonds is 5. The van der Waals surface area contributed by atoms with E-state index in [9.17, 15) is 13.2 Å². The highest BCUT2D eigenvalue weighted by molar-refractivity contribution is 7.90. The molecule has 1 N–H and O–H groups in total. The van der Waals surface area contributed by atoms with Gasteiger partial charge in [-0.15, -0.1) is 0 Å². The number of pyridine rings is 1. The van der Waals surface area contributed by atoms with E-state index in [4.69, 9.17) is 10.00 Å². The average molecular weight is 345 g/mol. The lowest BCUT2D eigenvalue weighted by molar-refractivity contribution is 0.0980. The average Bonchev–Trinajstić information content (AvgIpc) is 2.55. The summed E-state index contributed by atoms with van der Waals surface area (Å²) < 4.78 is 32.1. The van der Waals surface area contributed by atoms with E-state index in [0.717, 1.165) is 0 Å². The van der Waals surface area contributed by atoms with Crippen LogP contribution in [0.15, 0.2) is 41.4 Å². The molecule has 8 heteroatoms. The van der Waals surface area contributed by atoms with Crippen LogP contribution in [-0.4, -0.2) is 25.9 Å². The molecule has 1 amide bonds. The third kappa shape index (κ3) is 3.70. The summed E-state index contributed by atoms with van der Waals surface area (Å²) in [6.07, 6.45) is 1.40. The number of carbonyl (C=O) groups is 1. The summed E-state index contributed by atoms with van der Waals surface area (Å²) in [4.78, 5) is 16.0. The van der Waals surface area contributed by atoms with Gasteiger partial charge >= 0.3 is 0 Å². The van der Waals surface area contributed by atoms with Crippen LogP contribution in [0.25, 0.3) is 0 Å². The predicted octanol–water partition coefficient (Wildman–Crippen LogP) is 1.78. The summed E-state index contributed by atoms with van der Waals surface area (Å²) in [6, 6.07) is 9.11. The van der Waals surface area contributed by atoms with Gasteiger partial charge in [0, 0.05) is 11.8 Å². The molecule has 0 unspecified atom stereocenters. The molecule has 0 fully saturated rings. The predicted molar refractivity (Wildman–Crippen MR) is 86.0 cm³/mol. The van der Waals surface area contributed by atoms with Gasteiger partial charge in [-0.2, -0.15) is 5.26 Å². The van der Waals surface area contributed by atoms with Crippen molar-refractivity contribution in [1.29, 1.82) is 5.26 Å². The highest BCUT2D eigenvalue weighted by atomic mass is 32.2. The standard InChI is InChI=1S/C16H15N3O4S/c1-3-23-16-14(5-4-8-18-16)24(21,22)19-15(20)13-9-12(10-17)7-6-11(13)2/h4-9H,3H2,1-2H3,(H,19,20). The molecule has 7 nitrogen and oxygen atoms in total. The Kier molecular flexibility index (Phi) is 5.16. The van der Waals surface area contributed by atoms with Crippen LogP contribution in [0.5, 0.6) is 5.88 Å². The van der Waals surface area contributed by atoms with Crippen molar-refractivity contribution >= 4 is 15.9 Å². The van der Waals surface area contributed by atoms with Gasteiger partial charge in [0.15, 0.2) is 0 Å². The van der Waals surface area contributed by atoms with Gasteiger partial charge in [-0.3, -0.25) is 4.79 Å². The third-order valence-corrected chi connectivity index (χ3v) is 4.49. The zero-order valence-electron chi connectivity index (χ0n) is 13.1. The molecule has 0 saturated carbocycles. The number of amides is 1. The zero-order chi connectivity index (χ0) is 17.7. The Balaban J connectivity index is 2.37. The molecule has 0 spiro atoms. The number of hydrogen-bond donors (Lipinski definition) is 1. The fourth-order valence-electron chi connectivity index (χ4n) is 1.99. The van der Waals surface area contributed by atoms with E-state index in [-0.39, 0.29) is 28.5 Å². The second-order valence-electron chi connectivity index (χ2n) is 4.82. The smallest absolute Gasteiger partial charge is 0.269 e. The van der Waals surface area contributed by atoms with Crippen molar-refractivity contribution in [3.05, 3.63) is 53.2 Å². The second-order valence-corrected chi connectivity index (χ2v) is 6.47. The minimum absolute atomic E-state index is 0.0807. The Morgan fingerprint density at radius 1 is 1.38 bits per heavy atom. The zero-order valence-corrected chi connectivity index (χ0v) is 13.9. The van der Waals surface area contributed by atoms with Gasteiger partial charge in [-0.05, 0) is 43.7 Å². The number of sulfonamides is 1. The summed E-state index contributed by atoms with van der Waals surface area (Å²) >= 11 is 0. The van der Waals surface area contributed by atoms with Gasteiger partial charge in [0.25, 0.3) is 15.9 Å². The SMILES string of the molecule is CCOc1ncccc1S(=O)(=O)NC(=O)c1cc(C#N)ccc1C. The van der Waals surface area contributed by atoms with Crippen LogP contribution >= 0.6 is 0 Å². The summed E-state index contributed by atoms with van der Waals surface area (Å²) in [5.74, 6) is -0.904. The number of benzene rings is 1. The summed E-state index contributed by atoms with van der Waals surface area (Å²) in [5, 5.41) is 8.92. The van der Waals surface area contributed by atoms with Crippen LogP contribution in [-0.2, 0) is 10.0 Å². The Bertz CT molecular complexity index is 917. The van der Waals surface area contributed by atoms with E-state index in [1.54, 1.807) is 26.0 Å². The number of ether oxygens (including phenoxy) is 1. The first-order valence-corrected chi connectivity index (χ1v) is 8.53. The fraction of sp³-hybridized carbons (Fsp3) is 0.188. The quantitative estimate of drug-likeness (QED) is 0.884. The van der Waals surface area contributed by atoms with Crippen LogP contribution in [0.3, 0.4) is 0 Å². The van der Waals surface area contributed by atoms with Gasteiger partial charge in [-0.25, -0.2) is 18.1 Å². The number of nitriles is 1. The molecule has 0 aliphatic heterocycles. The molecule has 24 heavy (non-hydrogen) atoms. The molecule has 124 valence electrons. The Morgan fingerprint density at radius 2 is 2.12 bits per heavy atom. The Hall–Kier alpha value is -2.92. The number of nitrogens with one attached hydrogen (secondary N) is 1. The second kappa shape index (κ2) is 7.10. The lowest BCUT2D eigenvalue weighted by Gasteiger charge is -2.11. The number of aromatic nitrogens is 1. The first-order valence-electron chi connectivity index (χ1n) is 7.04. The van der Waals surface area contributed by atoms with Gasteiger partial charge in [0.05, 0.1) is 18.2 Å². The van der Waals surface area contributed by atoms with Crippen LogP contribution < -0.4 is 9.46 Å². The van der Waals surface area contributed by atoms with Crippen molar-refractivity contribution in [3.8, 4) is 11.9 Å². The van der Waals surface area contributed by atoms with Crippen molar-refractivity contribution in [1.82, 2.24) is 9.71 Å². The van der Waals surface area contributed by atoms with Crippen molar-refractivity contribution in [2.45, 2.75) is 18.7 Å². The minimum Gasteiger partial charge on any atom is -0.477 e. The molecule has 1 aromatic heterocycles. The maximum Gasteiger partial charge on any atom is 0.269 e. The first-order chi connectivity index (χ1) is 11.4. The molecular weight excluding hydrogens is 330 g/mol. The van der Waals surface area contributed by atoms with E-state index in [1.165, 1.54) is 24.4 Å². The maximum absolute atomic E-state index is 12.5. The van der Waals surface area contributed by atoms with Gasteiger partial charge in [0.1, 0.15) is 4.90 Å². The molecule has 2 aromatic rings. The minimum atomic E-state index is -4.17. The van der Waals surface area contributed by atoms with Crippen molar-refractivity contribution < 1.29 is 17.9 Å². The number of hydrogen-bond acceptors (Lipinski definition) is 6. The van der Waals surface area contributed by atoms with Gasteiger partial charge in [-0.1, -0.05) is 6.07 Å². The van der Waals surface area contributed by atoms with Gasteiger partial charge in [0.2, 0.25) is 5.88 Å². The molecule has 0 saturated heterocycles. The van der Waals surface area contributed by atoms with Crippen molar-refractivity contribution in [2.75, 3.05) is 6.61 Å². The normalized spacial score (nSPS) is 10.7. The Morgan fingerprint density at radius 3 is 2.79 bits per heavy atom. The van der Waals surface area contributed by atoms with E-state index >= 15 is 0 Å². The van der Waals surface area contributed by atoms with Gasteiger partial charge < -0.3 is 4.74 Å². The fourth-order valence-corrected chi connectivity index (χ4v) is 3.06. The number of nitrogens with zero attached hydrogens (tertiary/aromatic N) is 2. The molecule has 0 bridgehead atoms. The van der Waals surface area contributed by atoms with Crippen LogP contribution in [0.1, 0.15) is 28.4 Å². The van der Waals surface area contributed by atoms with Crippen molar-refractivity contribution in [3.63, 3.8) is 0 Å². The maximum atomic E-state index is 12.5. The largest absolute Gasteiger partial charge is 0.477 e. The van der Waals surface area contributed by atoms with Crippen LogP contribution in [0.4, 0.5) is 0 Å². The van der Waals surface area contributed by atoms with E-state index < -0.39 is 15.9 Å². The summed E-state index contributed by atoms with van der Waals surface area (Å²) in [5.41, 5.74) is 0.928. The monoisotopic (exact) mass is 345 g/mol. The molecular formula is C16H15N3O4S. The first kappa shape index (κ1) is 17.4. The van der Waals surface area contributed by atoms with Crippen LogP contribution in [0.2, 0.25) is 0 Å².